The summed E-state index contributed by atoms with van der Waals surface area (Å²) in [7, 11) is 5.93. The molecule has 0 aliphatic carbocycles. The lowest BCUT2D eigenvalue weighted by atomic mass is 10.0. The Bertz CT molecular complexity index is 1430. The fourth-order valence-corrected chi connectivity index (χ4v) is 9.84. The Morgan fingerprint density at radius 3 is 1.03 bits per heavy atom. The molecule has 0 heterocycles. The van der Waals surface area contributed by atoms with Gasteiger partial charge in [0.1, 0.15) is 13.2 Å². The number of esters is 2. The minimum absolute atomic E-state index is 0.148. The number of ether oxygens (including phenoxy) is 4. The number of nitrogens with zero attached hydrogens (tertiary/aromatic N) is 1. The predicted octanol–water partition coefficient (Wildman–Crippen LogP) is 19.2. The van der Waals surface area contributed by atoms with Crippen LogP contribution < -0.4 is 5.11 Å². The first kappa shape index (κ1) is 76.2. The number of hydrogen-bond acceptors (Lipinski definition) is 8. The molecular weight excluding hydrogens is 983 g/mol. The highest BCUT2D eigenvalue weighted by molar-refractivity contribution is 5.70. The zero-order chi connectivity index (χ0) is 57.6. The molecule has 0 amide bonds. The number of carbonyl (C=O) groups is 3. The maximum absolute atomic E-state index is 12.9. The minimum Gasteiger partial charge on any atom is -0.545 e. The average Bonchev–Trinajstić information content (AvgIpc) is 3.42. The van der Waals surface area contributed by atoms with Gasteiger partial charge in [-0.3, -0.25) is 9.59 Å². The summed E-state index contributed by atoms with van der Waals surface area (Å²) in [5, 5.41) is 11.8. The van der Waals surface area contributed by atoms with E-state index in [1.807, 2.05) is 21.1 Å². The second-order valence-electron chi connectivity index (χ2n) is 24.1. The van der Waals surface area contributed by atoms with E-state index < -0.39 is 24.3 Å². The second-order valence-corrected chi connectivity index (χ2v) is 24.1. The van der Waals surface area contributed by atoms with Crippen LogP contribution in [0.3, 0.4) is 0 Å². The Morgan fingerprint density at radius 2 is 0.684 bits per heavy atom. The Morgan fingerprint density at radius 1 is 0.380 bits per heavy atom. The summed E-state index contributed by atoms with van der Waals surface area (Å²) in [4.78, 5) is 37.4. The van der Waals surface area contributed by atoms with Crippen LogP contribution in [-0.2, 0) is 33.3 Å². The highest BCUT2D eigenvalue weighted by atomic mass is 16.7. The number of rotatable bonds is 63. The molecule has 0 N–H and O–H groups in total. The number of likely N-dealkylation sites (N-methyl/N-ethyl adjacent to an activating group) is 1. The first-order valence-electron chi connectivity index (χ1n) is 33.8. The van der Waals surface area contributed by atoms with E-state index in [2.05, 4.69) is 62.5 Å². The number of aliphatic carboxylic acids is 1. The van der Waals surface area contributed by atoms with Gasteiger partial charge in [-0.15, -0.1) is 0 Å². The highest BCUT2D eigenvalue weighted by Crippen LogP contribution is 2.18. The number of quaternary nitrogens is 1. The number of carboxylic acids is 1. The van der Waals surface area contributed by atoms with Crippen molar-refractivity contribution < 1.29 is 42.9 Å². The van der Waals surface area contributed by atoms with Crippen molar-refractivity contribution in [3.05, 3.63) is 48.6 Å². The lowest BCUT2D eigenvalue weighted by Gasteiger charge is -2.26. The van der Waals surface area contributed by atoms with Crippen LogP contribution in [0.1, 0.15) is 322 Å². The second kappa shape index (κ2) is 61.3. The van der Waals surface area contributed by atoms with E-state index in [0.717, 1.165) is 44.9 Å². The number of hydrogen-bond donors (Lipinski definition) is 0. The Kier molecular flexibility index (Phi) is 59.2. The third-order valence-electron chi connectivity index (χ3n) is 15.0. The van der Waals surface area contributed by atoms with Gasteiger partial charge in [-0.2, -0.15) is 0 Å². The summed E-state index contributed by atoms with van der Waals surface area (Å²) in [5.74, 6) is -2.27. The topological polar surface area (TPSA) is 111 Å². The van der Waals surface area contributed by atoms with Crippen molar-refractivity contribution in [1.29, 1.82) is 0 Å². The van der Waals surface area contributed by atoms with E-state index in [1.165, 1.54) is 244 Å². The van der Waals surface area contributed by atoms with Gasteiger partial charge < -0.3 is 33.3 Å². The molecule has 0 spiro atoms. The van der Waals surface area contributed by atoms with Crippen LogP contribution in [0.5, 0.6) is 0 Å². The predicted molar refractivity (Wildman–Crippen MR) is 334 cm³/mol. The van der Waals surface area contributed by atoms with Crippen molar-refractivity contribution in [3.8, 4) is 0 Å². The van der Waals surface area contributed by atoms with Crippen molar-refractivity contribution >= 4 is 17.9 Å². The number of carbonyl (C=O) groups excluding carboxylic acids is 3. The van der Waals surface area contributed by atoms with Gasteiger partial charge in [-0.25, -0.2) is 0 Å². The molecule has 0 radical (unpaired) electrons. The number of allylic oxidation sites excluding steroid dienone is 8. The average molecular weight is 1110 g/mol. The summed E-state index contributed by atoms with van der Waals surface area (Å²) >= 11 is 0. The SMILES string of the molecule is CCCCC/C=C\C/C=C\CCCCCCCCCCCC(=O)OCC(COC(OCC[N+](C)(C)C)C(=O)[O-])OC(=O)CCCCCCCCCCCCCCCCCCCCCCCCC/C=C\C/C=C\CCCCCCC. The van der Waals surface area contributed by atoms with Gasteiger partial charge in [-0.05, 0) is 77.0 Å². The fourth-order valence-electron chi connectivity index (χ4n) is 9.84. The smallest absolute Gasteiger partial charge is 0.306 e. The van der Waals surface area contributed by atoms with Crippen LogP contribution in [-0.4, -0.2) is 82.3 Å². The van der Waals surface area contributed by atoms with Gasteiger partial charge in [0.15, 0.2) is 12.4 Å². The largest absolute Gasteiger partial charge is 0.545 e. The van der Waals surface area contributed by atoms with Crippen molar-refractivity contribution in [2.45, 2.75) is 334 Å². The summed E-state index contributed by atoms with van der Waals surface area (Å²) < 4.78 is 22.8. The van der Waals surface area contributed by atoms with E-state index in [9.17, 15) is 19.5 Å². The van der Waals surface area contributed by atoms with Gasteiger partial charge in [0.2, 0.25) is 0 Å². The zero-order valence-corrected chi connectivity index (χ0v) is 52.8. The molecule has 2 unspecified atom stereocenters. The third kappa shape index (κ3) is 62.7. The fraction of sp³-hybridized carbons (Fsp3) is 0.843. The van der Waals surface area contributed by atoms with E-state index in [4.69, 9.17) is 18.9 Å². The van der Waals surface area contributed by atoms with Crippen molar-refractivity contribution in [2.24, 2.45) is 0 Å². The maximum Gasteiger partial charge on any atom is 0.306 e. The van der Waals surface area contributed by atoms with Gasteiger partial charge >= 0.3 is 11.9 Å². The lowest BCUT2D eigenvalue weighted by molar-refractivity contribution is -0.870. The van der Waals surface area contributed by atoms with Crippen molar-refractivity contribution in [1.82, 2.24) is 0 Å². The molecule has 9 heteroatoms. The van der Waals surface area contributed by atoms with Crippen molar-refractivity contribution in [3.63, 3.8) is 0 Å². The molecule has 0 aromatic rings. The molecule has 79 heavy (non-hydrogen) atoms. The van der Waals surface area contributed by atoms with Gasteiger partial charge in [0, 0.05) is 12.8 Å². The molecule has 0 aromatic heterocycles. The van der Waals surface area contributed by atoms with Crippen LogP contribution >= 0.6 is 0 Å². The third-order valence-corrected chi connectivity index (χ3v) is 15.0. The number of carboxylic acid groups (broad SMARTS) is 1. The molecule has 9 nitrogen and oxygen atoms in total. The lowest BCUT2D eigenvalue weighted by Crippen LogP contribution is -2.44. The number of unbranched alkanes of at least 4 members (excludes halogenated alkanes) is 40. The molecule has 0 fully saturated rings. The first-order chi connectivity index (χ1) is 38.6. The molecule has 0 aliphatic heterocycles. The summed E-state index contributed by atoms with van der Waals surface area (Å²) in [5.41, 5.74) is 0. The van der Waals surface area contributed by atoms with Crippen molar-refractivity contribution in [2.75, 3.05) is 47.5 Å². The molecule has 462 valence electrons. The summed E-state index contributed by atoms with van der Waals surface area (Å²) in [6.07, 6.45) is 74.8. The quantitative estimate of drug-likeness (QED) is 0.0195. The van der Waals surface area contributed by atoms with Gasteiger partial charge in [0.25, 0.3) is 0 Å². The molecule has 2 atom stereocenters. The van der Waals surface area contributed by atoms with Crippen LogP contribution in [0.2, 0.25) is 0 Å². The zero-order valence-electron chi connectivity index (χ0n) is 52.8. The molecule has 0 saturated carbocycles. The van der Waals surface area contributed by atoms with Gasteiger partial charge in [0.05, 0.1) is 40.3 Å². The van der Waals surface area contributed by atoms with E-state index in [1.54, 1.807) is 0 Å². The van der Waals surface area contributed by atoms with E-state index in [0.29, 0.717) is 17.4 Å². The van der Waals surface area contributed by atoms with E-state index in [-0.39, 0.29) is 38.6 Å². The molecule has 0 rings (SSSR count). The molecular formula is C70H129NO8. The minimum atomic E-state index is -1.62. The summed E-state index contributed by atoms with van der Waals surface area (Å²) in [6.45, 7) is 4.75. The van der Waals surface area contributed by atoms with Crippen LogP contribution in [0.15, 0.2) is 48.6 Å². The first-order valence-corrected chi connectivity index (χ1v) is 33.8. The highest BCUT2D eigenvalue weighted by Gasteiger charge is 2.22. The van der Waals surface area contributed by atoms with Crippen LogP contribution in [0.4, 0.5) is 0 Å². The summed E-state index contributed by atoms with van der Waals surface area (Å²) in [6, 6.07) is 0. The Labute approximate surface area is 489 Å². The van der Waals surface area contributed by atoms with E-state index >= 15 is 0 Å². The Hall–Kier alpha value is -2.75. The van der Waals surface area contributed by atoms with Crippen LogP contribution in [0, 0.1) is 0 Å². The molecule has 0 aliphatic rings. The molecule has 0 bridgehead atoms. The Balaban J connectivity index is 4.04. The monoisotopic (exact) mass is 1110 g/mol. The molecule has 0 saturated heterocycles. The standard InChI is InChI=1S/C70H129NO8/c1-6-8-10-12-14-16-18-20-22-24-26-27-28-29-30-31-32-33-34-35-36-37-38-39-40-41-43-45-47-49-51-53-55-57-59-61-68(73)79-66(65-78-70(69(74)75)76-63-62-71(3,4)5)64-77-67(72)60-58-56-54-52-50-48-46-44-42-25-23-21-19-17-15-13-11-9-7-2/h15,17-18,20-21,23-24,26,66,70H,6-14,16,19,22,25,27-65H2,1-5H3/b17-15-,20-18-,23-21-,26-24-. The van der Waals surface area contributed by atoms with Gasteiger partial charge in [-0.1, -0.05) is 281 Å². The normalized spacial score (nSPS) is 13.0. The maximum atomic E-state index is 12.9. The molecule has 0 aromatic carbocycles. The van der Waals surface area contributed by atoms with Crippen LogP contribution in [0.25, 0.3) is 0 Å².